The van der Waals surface area contributed by atoms with E-state index in [-0.39, 0.29) is 0 Å². The second-order valence-corrected chi connectivity index (χ2v) is 4.92. The largest absolute Gasteiger partial charge is 0.311 e. The summed E-state index contributed by atoms with van der Waals surface area (Å²) in [5.41, 5.74) is 2.73. The van der Waals surface area contributed by atoms with Gasteiger partial charge in [-0.2, -0.15) is 11.8 Å². The summed E-state index contributed by atoms with van der Waals surface area (Å²) in [5, 5.41) is 0.501. The van der Waals surface area contributed by atoms with Gasteiger partial charge >= 0.3 is 0 Å². The number of hydrogen-bond donors (Lipinski definition) is 2. The van der Waals surface area contributed by atoms with Crippen LogP contribution >= 0.6 is 11.8 Å². The fourth-order valence-electron chi connectivity index (χ4n) is 1.45. The molecule has 3 nitrogen and oxygen atoms in total. The summed E-state index contributed by atoms with van der Waals surface area (Å²) in [4.78, 5) is 4.48. The van der Waals surface area contributed by atoms with E-state index in [9.17, 15) is 0 Å². The number of hydrazine groups is 1. The topological polar surface area (TPSA) is 50.4 Å². The first kappa shape index (κ1) is 10.9. The van der Waals surface area contributed by atoms with E-state index >= 15 is 0 Å². The highest BCUT2D eigenvalue weighted by atomic mass is 32.2. The number of aliphatic imine (C=N–C) groups is 1. The molecule has 4 heteroatoms. The van der Waals surface area contributed by atoms with Crippen molar-refractivity contribution in [2.24, 2.45) is 10.8 Å². The minimum atomic E-state index is 0.327. The van der Waals surface area contributed by atoms with Crippen molar-refractivity contribution in [2.45, 2.75) is 44.4 Å². The van der Waals surface area contributed by atoms with E-state index in [0.29, 0.717) is 11.3 Å². The molecule has 1 saturated heterocycles. The highest BCUT2D eigenvalue weighted by Gasteiger charge is 2.19. The number of hydrogen-bond acceptors (Lipinski definition) is 3. The monoisotopic (exact) mass is 201 g/mol. The first-order valence-corrected chi connectivity index (χ1v) is 5.95. The molecule has 1 heterocycles. The summed E-state index contributed by atoms with van der Waals surface area (Å²) in [6.45, 7) is 4.15. The summed E-state index contributed by atoms with van der Waals surface area (Å²) in [5.74, 6) is 7.67. The van der Waals surface area contributed by atoms with E-state index in [1.807, 2.05) is 11.8 Å². The molecule has 1 rings (SSSR count). The maximum Gasteiger partial charge on any atom is 0.124 e. The fraction of sp³-hybridized carbons (Fsp3) is 0.889. The van der Waals surface area contributed by atoms with Crippen LogP contribution < -0.4 is 11.3 Å². The highest BCUT2D eigenvalue weighted by Crippen LogP contribution is 2.25. The van der Waals surface area contributed by atoms with Crippen molar-refractivity contribution in [3.8, 4) is 0 Å². The van der Waals surface area contributed by atoms with Crippen LogP contribution in [0, 0.1) is 0 Å². The lowest BCUT2D eigenvalue weighted by Crippen LogP contribution is -2.39. The Labute approximate surface area is 84.5 Å². The Morgan fingerprint density at radius 1 is 1.54 bits per heavy atom. The molecule has 1 unspecified atom stereocenters. The Balaban J connectivity index is 2.53. The minimum absolute atomic E-state index is 0.327. The van der Waals surface area contributed by atoms with Gasteiger partial charge in [-0.15, -0.1) is 0 Å². The van der Waals surface area contributed by atoms with Gasteiger partial charge in [0.05, 0.1) is 5.25 Å². The zero-order valence-electron chi connectivity index (χ0n) is 8.42. The summed E-state index contributed by atoms with van der Waals surface area (Å²) in [7, 11) is 0. The van der Waals surface area contributed by atoms with Gasteiger partial charge in [-0.05, 0) is 32.4 Å². The summed E-state index contributed by atoms with van der Waals surface area (Å²) in [6, 6.07) is 0.327. The van der Waals surface area contributed by atoms with Crippen molar-refractivity contribution < 1.29 is 0 Å². The SMILES string of the molecule is CC(C)N=C(NN)C1CCCCS1. The Morgan fingerprint density at radius 2 is 2.31 bits per heavy atom. The lowest BCUT2D eigenvalue weighted by molar-refractivity contribution is 0.711. The number of rotatable bonds is 2. The number of nitrogens with one attached hydrogen (secondary N) is 1. The van der Waals surface area contributed by atoms with Crippen LogP contribution in [0.5, 0.6) is 0 Å². The average molecular weight is 201 g/mol. The number of nitrogens with two attached hydrogens (primary N) is 1. The van der Waals surface area contributed by atoms with Crippen LogP contribution in [0.2, 0.25) is 0 Å². The lowest BCUT2D eigenvalue weighted by atomic mass is 10.2. The number of nitrogens with zero attached hydrogens (tertiary/aromatic N) is 1. The molecule has 0 bridgehead atoms. The molecule has 0 spiro atoms. The van der Waals surface area contributed by atoms with Crippen LogP contribution in [-0.2, 0) is 0 Å². The Kier molecular flexibility index (Phi) is 4.59. The van der Waals surface area contributed by atoms with E-state index in [1.54, 1.807) is 0 Å². The van der Waals surface area contributed by atoms with Crippen molar-refractivity contribution >= 4 is 17.6 Å². The van der Waals surface area contributed by atoms with Crippen LogP contribution in [0.15, 0.2) is 4.99 Å². The van der Waals surface area contributed by atoms with Crippen LogP contribution in [-0.4, -0.2) is 22.9 Å². The number of thioether (sulfide) groups is 1. The molecule has 0 aliphatic carbocycles. The maximum absolute atomic E-state index is 5.46. The summed E-state index contributed by atoms with van der Waals surface area (Å²) < 4.78 is 0. The molecule has 0 amide bonds. The van der Waals surface area contributed by atoms with E-state index in [2.05, 4.69) is 24.3 Å². The van der Waals surface area contributed by atoms with Crippen molar-refractivity contribution in [3.05, 3.63) is 0 Å². The van der Waals surface area contributed by atoms with E-state index in [1.165, 1.54) is 25.0 Å². The smallest absolute Gasteiger partial charge is 0.124 e. The minimum Gasteiger partial charge on any atom is -0.311 e. The lowest BCUT2D eigenvalue weighted by Gasteiger charge is -2.23. The van der Waals surface area contributed by atoms with Gasteiger partial charge in [-0.1, -0.05) is 6.42 Å². The summed E-state index contributed by atoms with van der Waals surface area (Å²) in [6.07, 6.45) is 3.84. The van der Waals surface area contributed by atoms with Gasteiger partial charge in [0.2, 0.25) is 0 Å². The van der Waals surface area contributed by atoms with Crippen LogP contribution in [0.25, 0.3) is 0 Å². The molecule has 1 fully saturated rings. The maximum atomic E-state index is 5.46. The molecule has 0 radical (unpaired) electrons. The highest BCUT2D eigenvalue weighted by molar-refractivity contribution is 8.00. The number of amidine groups is 1. The third-order valence-corrected chi connectivity index (χ3v) is 3.42. The molecule has 0 saturated carbocycles. The molecule has 1 aliphatic rings. The molecule has 1 atom stereocenters. The molecular formula is C9H19N3S. The third-order valence-electron chi connectivity index (χ3n) is 2.03. The van der Waals surface area contributed by atoms with Gasteiger partial charge in [-0.25, -0.2) is 5.84 Å². The first-order valence-electron chi connectivity index (χ1n) is 4.90. The van der Waals surface area contributed by atoms with Crippen LogP contribution in [0.1, 0.15) is 33.1 Å². The Hall–Kier alpha value is -0.220. The second kappa shape index (κ2) is 5.50. The molecule has 3 N–H and O–H groups in total. The molecule has 0 aromatic carbocycles. The van der Waals surface area contributed by atoms with Crippen molar-refractivity contribution in [3.63, 3.8) is 0 Å². The second-order valence-electron chi connectivity index (χ2n) is 3.61. The molecule has 13 heavy (non-hydrogen) atoms. The summed E-state index contributed by atoms with van der Waals surface area (Å²) >= 11 is 1.96. The average Bonchev–Trinajstić information content (AvgIpc) is 2.15. The molecule has 76 valence electrons. The zero-order valence-corrected chi connectivity index (χ0v) is 9.23. The fourth-order valence-corrected chi connectivity index (χ4v) is 2.72. The van der Waals surface area contributed by atoms with E-state index < -0.39 is 0 Å². The van der Waals surface area contributed by atoms with Crippen molar-refractivity contribution in [1.82, 2.24) is 5.43 Å². The third kappa shape index (κ3) is 3.56. The van der Waals surface area contributed by atoms with Crippen LogP contribution in [0.4, 0.5) is 0 Å². The molecule has 0 aromatic heterocycles. The van der Waals surface area contributed by atoms with Gasteiger partial charge in [-0.3, -0.25) is 4.99 Å². The zero-order chi connectivity index (χ0) is 9.68. The first-order chi connectivity index (χ1) is 6.24. The predicted molar refractivity (Wildman–Crippen MR) is 60.0 cm³/mol. The van der Waals surface area contributed by atoms with Gasteiger partial charge in [0.15, 0.2) is 0 Å². The van der Waals surface area contributed by atoms with Gasteiger partial charge in [0.1, 0.15) is 5.84 Å². The Bertz CT molecular complexity index is 174. The van der Waals surface area contributed by atoms with Gasteiger partial charge in [0.25, 0.3) is 0 Å². The normalized spacial score (nSPS) is 24.9. The molecular weight excluding hydrogens is 182 g/mol. The van der Waals surface area contributed by atoms with Crippen molar-refractivity contribution in [1.29, 1.82) is 0 Å². The van der Waals surface area contributed by atoms with E-state index in [0.717, 1.165) is 5.84 Å². The molecule has 1 aliphatic heterocycles. The van der Waals surface area contributed by atoms with Gasteiger partial charge < -0.3 is 5.43 Å². The van der Waals surface area contributed by atoms with Crippen molar-refractivity contribution in [2.75, 3.05) is 5.75 Å². The standard InChI is InChI=1S/C9H19N3S/c1-7(2)11-9(12-10)8-5-3-4-6-13-8/h7-8H,3-6,10H2,1-2H3,(H,11,12). The predicted octanol–water partition coefficient (Wildman–Crippen LogP) is 1.54. The van der Waals surface area contributed by atoms with Gasteiger partial charge in [0, 0.05) is 6.04 Å². The van der Waals surface area contributed by atoms with Crippen LogP contribution in [0.3, 0.4) is 0 Å². The quantitative estimate of drug-likeness (QED) is 0.308. The molecule has 0 aromatic rings. The van der Waals surface area contributed by atoms with E-state index in [4.69, 9.17) is 5.84 Å². The Morgan fingerprint density at radius 3 is 2.77 bits per heavy atom.